The molecule has 0 bridgehead atoms. The Labute approximate surface area is 125 Å². The third-order valence-electron chi connectivity index (χ3n) is 3.58. The Bertz CT molecular complexity index is 696. The average Bonchev–Trinajstić information content (AvgIpc) is 2.89. The molecule has 1 heterocycles. The highest BCUT2D eigenvalue weighted by Crippen LogP contribution is 2.34. The maximum Gasteiger partial charge on any atom is 0.355 e. The van der Waals surface area contributed by atoms with E-state index in [-0.39, 0.29) is 17.5 Å². The van der Waals surface area contributed by atoms with Gasteiger partial charge in [0, 0.05) is 18.3 Å². The highest BCUT2D eigenvalue weighted by molar-refractivity contribution is 7.09. The van der Waals surface area contributed by atoms with Crippen molar-refractivity contribution in [1.29, 1.82) is 0 Å². The highest BCUT2D eigenvalue weighted by Gasteiger charge is 2.31. The minimum absolute atomic E-state index is 0.0312. The second kappa shape index (κ2) is 5.65. The quantitative estimate of drug-likeness (QED) is 0.883. The summed E-state index contributed by atoms with van der Waals surface area (Å²) in [5, 5.41) is 13.9. The van der Waals surface area contributed by atoms with E-state index in [1.807, 2.05) is 24.3 Å². The topological polar surface area (TPSA) is 79.3 Å². The van der Waals surface area contributed by atoms with Crippen molar-refractivity contribution in [1.82, 2.24) is 10.3 Å². The minimum atomic E-state index is -1.02. The predicted molar refractivity (Wildman–Crippen MR) is 78.7 cm³/mol. The Hall–Kier alpha value is -2.21. The highest BCUT2D eigenvalue weighted by atomic mass is 32.1. The molecule has 0 aliphatic heterocycles. The van der Waals surface area contributed by atoms with E-state index in [0.717, 1.165) is 17.0 Å². The van der Waals surface area contributed by atoms with Gasteiger partial charge >= 0.3 is 5.97 Å². The van der Waals surface area contributed by atoms with Gasteiger partial charge in [-0.2, -0.15) is 0 Å². The van der Waals surface area contributed by atoms with Crippen LogP contribution in [0.25, 0.3) is 0 Å². The number of thiazole rings is 1. The van der Waals surface area contributed by atoms with Crippen LogP contribution in [-0.2, 0) is 17.6 Å². The van der Waals surface area contributed by atoms with Gasteiger partial charge < -0.3 is 10.4 Å². The summed E-state index contributed by atoms with van der Waals surface area (Å²) in [5.41, 5.74) is 2.41. The van der Waals surface area contributed by atoms with Crippen LogP contribution in [-0.4, -0.2) is 28.5 Å². The number of carbonyl (C=O) groups excluding carboxylic acids is 1. The smallest absolute Gasteiger partial charge is 0.355 e. The zero-order valence-electron chi connectivity index (χ0n) is 11.2. The fraction of sp³-hybridized carbons (Fsp3) is 0.267. The van der Waals surface area contributed by atoms with Crippen molar-refractivity contribution in [3.8, 4) is 0 Å². The number of nitrogens with one attached hydrogen (secondary N) is 1. The van der Waals surface area contributed by atoms with Crippen molar-refractivity contribution in [3.63, 3.8) is 0 Å². The van der Waals surface area contributed by atoms with Crippen molar-refractivity contribution in [2.45, 2.75) is 18.8 Å². The van der Waals surface area contributed by atoms with E-state index >= 15 is 0 Å². The summed E-state index contributed by atoms with van der Waals surface area (Å²) >= 11 is 1.30. The summed E-state index contributed by atoms with van der Waals surface area (Å²) in [5.74, 6) is -1.04. The average molecular weight is 302 g/mol. The molecule has 1 aromatic carbocycles. The molecule has 1 amide bonds. The van der Waals surface area contributed by atoms with Gasteiger partial charge in [-0.15, -0.1) is 11.3 Å². The maximum atomic E-state index is 12.1. The molecule has 5 nitrogen and oxygen atoms in total. The number of hydrogen-bond donors (Lipinski definition) is 2. The zero-order chi connectivity index (χ0) is 14.8. The van der Waals surface area contributed by atoms with Gasteiger partial charge in [0.2, 0.25) is 5.91 Å². The van der Waals surface area contributed by atoms with Gasteiger partial charge in [0.15, 0.2) is 5.69 Å². The van der Waals surface area contributed by atoms with Gasteiger partial charge in [-0.25, -0.2) is 9.78 Å². The number of carbonyl (C=O) groups is 2. The van der Waals surface area contributed by atoms with E-state index in [9.17, 15) is 9.59 Å². The Morgan fingerprint density at radius 3 is 2.90 bits per heavy atom. The monoisotopic (exact) mass is 302 g/mol. The summed E-state index contributed by atoms with van der Waals surface area (Å²) < 4.78 is 0. The molecule has 1 aliphatic rings. The molecule has 1 atom stereocenters. The van der Waals surface area contributed by atoms with E-state index < -0.39 is 5.97 Å². The molecule has 1 aromatic heterocycles. The Balaban J connectivity index is 1.50. The maximum absolute atomic E-state index is 12.1. The Kier molecular flexibility index (Phi) is 3.70. The Morgan fingerprint density at radius 2 is 2.19 bits per heavy atom. The molecular formula is C15H14N2O3S. The number of carboxylic acid groups (broad SMARTS) is 1. The van der Waals surface area contributed by atoms with Gasteiger partial charge in [-0.05, 0) is 17.5 Å². The van der Waals surface area contributed by atoms with Gasteiger partial charge in [0.1, 0.15) is 0 Å². The Morgan fingerprint density at radius 1 is 1.38 bits per heavy atom. The lowest BCUT2D eigenvalue weighted by molar-refractivity contribution is -0.123. The summed E-state index contributed by atoms with van der Waals surface area (Å²) in [6.45, 7) is 0.476. The number of benzene rings is 1. The number of aromatic carboxylic acids is 1. The van der Waals surface area contributed by atoms with E-state index in [1.54, 1.807) is 0 Å². The lowest BCUT2D eigenvalue weighted by Gasteiger charge is -2.28. The van der Waals surface area contributed by atoms with E-state index in [4.69, 9.17) is 5.11 Å². The van der Waals surface area contributed by atoms with Gasteiger partial charge in [0.25, 0.3) is 0 Å². The number of fused-ring (bicyclic) bond motifs is 1. The van der Waals surface area contributed by atoms with Crippen LogP contribution < -0.4 is 5.32 Å². The molecule has 0 saturated heterocycles. The number of hydrogen-bond acceptors (Lipinski definition) is 4. The van der Waals surface area contributed by atoms with Crippen molar-refractivity contribution >= 4 is 23.2 Å². The van der Waals surface area contributed by atoms with Gasteiger partial charge in [-0.3, -0.25) is 4.79 Å². The second-order valence-corrected chi connectivity index (χ2v) is 5.87. The van der Waals surface area contributed by atoms with Gasteiger partial charge in [0.05, 0.1) is 10.9 Å². The molecule has 108 valence electrons. The first kappa shape index (κ1) is 13.8. The SMILES string of the molecule is O=C(O)c1csc(CCNC(=O)C2Cc3ccccc32)n1. The predicted octanol–water partition coefficient (Wildman–Crippen LogP) is 1.84. The first-order chi connectivity index (χ1) is 10.1. The molecule has 0 fully saturated rings. The molecule has 0 saturated carbocycles. The standard InChI is InChI=1S/C15H14N2O3S/c18-14(11-7-9-3-1-2-4-10(9)11)16-6-5-13-17-12(8-21-13)15(19)20/h1-4,8,11H,5-7H2,(H,16,18)(H,19,20). The molecule has 1 unspecified atom stereocenters. The van der Waals surface area contributed by atoms with Crippen molar-refractivity contribution in [2.24, 2.45) is 0 Å². The lowest BCUT2D eigenvalue weighted by Crippen LogP contribution is -2.36. The molecule has 0 spiro atoms. The fourth-order valence-electron chi connectivity index (χ4n) is 2.43. The van der Waals surface area contributed by atoms with E-state index in [0.29, 0.717) is 13.0 Å². The number of carboxylic acids is 1. The number of rotatable bonds is 5. The van der Waals surface area contributed by atoms with Crippen LogP contribution in [0.2, 0.25) is 0 Å². The van der Waals surface area contributed by atoms with Crippen LogP contribution in [0.1, 0.15) is 32.5 Å². The zero-order valence-corrected chi connectivity index (χ0v) is 12.0. The lowest BCUT2D eigenvalue weighted by atomic mass is 9.77. The molecule has 6 heteroatoms. The molecular weight excluding hydrogens is 288 g/mol. The van der Waals surface area contributed by atoms with Crippen molar-refractivity contribution in [3.05, 3.63) is 51.5 Å². The van der Waals surface area contributed by atoms with Crippen LogP contribution in [0.4, 0.5) is 0 Å². The number of amides is 1. The number of aromatic nitrogens is 1. The van der Waals surface area contributed by atoms with Crippen LogP contribution in [0.3, 0.4) is 0 Å². The van der Waals surface area contributed by atoms with Crippen LogP contribution >= 0.6 is 11.3 Å². The fourth-order valence-corrected chi connectivity index (χ4v) is 3.20. The van der Waals surface area contributed by atoms with Crippen LogP contribution in [0, 0.1) is 0 Å². The first-order valence-electron chi connectivity index (χ1n) is 6.68. The summed E-state index contributed by atoms with van der Waals surface area (Å²) in [6, 6.07) is 7.96. The third kappa shape index (κ3) is 2.80. The summed E-state index contributed by atoms with van der Waals surface area (Å²) in [4.78, 5) is 26.8. The molecule has 3 rings (SSSR count). The normalized spacial score (nSPS) is 15.9. The molecule has 2 N–H and O–H groups in total. The van der Waals surface area contributed by atoms with Gasteiger partial charge in [-0.1, -0.05) is 24.3 Å². The largest absolute Gasteiger partial charge is 0.476 e. The second-order valence-electron chi connectivity index (χ2n) is 4.93. The van der Waals surface area contributed by atoms with Crippen LogP contribution in [0.5, 0.6) is 0 Å². The van der Waals surface area contributed by atoms with E-state index in [2.05, 4.69) is 10.3 Å². The molecule has 1 aliphatic carbocycles. The minimum Gasteiger partial charge on any atom is -0.476 e. The number of nitrogens with zero attached hydrogens (tertiary/aromatic N) is 1. The first-order valence-corrected chi connectivity index (χ1v) is 7.56. The van der Waals surface area contributed by atoms with Crippen molar-refractivity contribution in [2.75, 3.05) is 6.54 Å². The molecule has 2 aromatic rings. The molecule has 0 radical (unpaired) electrons. The van der Waals surface area contributed by atoms with Crippen molar-refractivity contribution < 1.29 is 14.7 Å². The van der Waals surface area contributed by atoms with Crippen LogP contribution in [0.15, 0.2) is 29.6 Å². The summed E-state index contributed by atoms with van der Waals surface area (Å²) in [7, 11) is 0. The molecule has 21 heavy (non-hydrogen) atoms. The third-order valence-corrected chi connectivity index (χ3v) is 4.49. The summed E-state index contributed by atoms with van der Waals surface area (Å²) in [6.07, 6.45) is 1.35. The van der Waals surface area contributed by atoms with E-state index in [1.165, 1.54) is 22.3 Å².